The van der Waals surface area contributed by atoms with Crippen molar-refractivity contribution in [1.82, 2.24) is 19.9 Å². The van der Waals surface area contributed by atoms with Crippen molar-refractivity contribution in [2.45, 2.75) is 18.2 Å². The molecule has 0 aliphatic heterocycles. The lowest BCUT2D eigenvalue weighted by atomic mass is 10.2. The number of carbonyl (C=O) groups is 1. The number of nitrogens with one attached hydrogen (secondary N) is 1. The Morgan fingerprint density at radius 3 is 3.17 bits per heavy atom. The molecule has 2 aromatic rings. The number of halogens is 1. The minimum Gasteiger partial charge on any atom is -0.350 e. The van der Waals surface area contributed by atoms with E-state index < -0.39 is 0 Å². The molecule has 0 saturated heterocycles. The quantitative estimate of drug-likeness (QED) is 0.851. The fourth-order valence-corrected chi connectivity index (χ4v) is 2.25. The maximum Gasteiger partial charge on any atom is 0.255 e. The van der Waals surface area contributed by atoms with E-state index in [4.69, 9.17) is 11.6 Å². The first-order chi connectivity index (χ1) is 8.75. The van der Waals surface area contributed by atoms with Crippen LogP contribution in [0.25, 0.3) is 5.52 Å². The molecule has 6 heteroatoms. The highest BCUT2D eigenvalue weighted by Gasteiger charge is 2.29. The van der Waals surface area contributed by atoms with Gasteiger partial charge in [-0.1, -0.05) is 0 Å². The number of hydrogen-bond acceptors (Lipinski definition) is 3. The van der Waals surface area contributed by atoms with Crippen LogP contribution in [-0.2, 0) is 0 Å². The van der Waals surface area contributed by atoms with Crippen molar-refractivity contribution in [3.05, 3.63) is 30.4 Å². The molecular weight excluding hydrogens is 252 g/mol. The molecule has 1 atom stereocenters. The molecule has 1 aliphatic rings. The fraction of sp³-hybridized carbons (Fsp3) is 0.417. The summed E-state index contributed by atoms with van der Waals surface area (Å²) >= 11 is 6.15. The predicted octanol–water partition coefficient (Wildman–Crippen LogP) is 1.48. The molecule has 0 radical (unpaired) electrons. The van der Waals surface area contributed by atoms with E-state index in [1.807, 2.05) is 0 Å². The van der Waals surface area contributed by atoms with Gasteiger partial charge in [0, 0.05) is 18.9 Å². The lowest BCUT2D eigenvalue weighted by Crippen LogP contribution is -2.30. The van der Waals surface area contributed by atoms with Gasteiger partial charge in [-0.25, -0.2) is 4.52 Å². The summed E-state index contributed by atoms with van der Waals surface area (Å²) in [6.07, 6.45) is 8.85. The number of aromatic nitrogens is 3. The molecule has 3 rings (SSSR count). The number of rotatable bonds is 4. The molecule has 1 saturated carbocycles. The number of nitrogens with zero attached hydrogens (tertiary/aromatic N) is 3. The van der Waals surface area contributed by atoms with Gasteiger partial charge in [0.15, 0.2) is 0 Å². The summed E-state index contributed by atoms with van der Waals surface area (Å²) in [5, 5.41) is 6.98. The van der Waals surface area contributed by atoms with Gasteiger partial charge in [0.1, 0.15) is 0 Å². The Morgan fingerprint density at radius 1 is 1.56 bits per heavy atom. The number of hydrogen-bond donors (Lipinski definition) is 1. The van der Waals surface area contributed by atoms with Crippen LogP contribution >= 0.6 is 11.6 Å². The highest BCUT2D eigenvalue weighted by Crippen LogP contribution is 2.35. The third-order valence-corrected chi connectivity index (χ3v) is 3.67. The van der Waals surface area contributed by atoms with Crippen molar-refractivity contribution in [2.24, 2.45) is 5.92 Å². The molecule has 5 nitrogen and oxygen atoms in total. The van der Waals surface area contributed by atoms with Crippen LogP contribution in [0.15, 0.2) is 24.8 Å². The predicted molar refractivity (Wildman–Crippen MR) is 67.7 cm³/mol. The van der Waals surface area contributed by atoms with E-state index in [1.165, 1.54) is 12.8 Å². The van der Waals surface area contributed by atoms with Gasteiger partial charge in [-0.15, -0.1) is 11.6 Å². The third-order valence-electron chi connectivity index (χ3n) is 3.16. The van der Waals surface area contributed by atoms with Crippen LogP contribution in [0.1, 0.15) is 23.2 Å². The van der Waals surface area contributed by atoms with Crippen LogP contribution < -0.4 is 5.32 Å². The second-order valence-electron chi connectivity index (χ2n) is 4.53. The molecule has 18 heavy (non-hydrogen) atoms. The summed E-state index contributed by atoms with van der Waals surface area (Å²) in [6, 6.07) is 0. The van der Waals surface area contributed by atoms with E-state index in [0.717, 1.165) is 0 Å². The van der Waals surface area contributed by atoms with Crippen molar-refractivity contribution in [1.29, 1.82) is 0 Å². The SMILES string of the molecule is O=C(NCC(Cl)C1CC1)c1cnn2ccncc12. The first-order valence-electron chi connectivity index (χ1n) is 5.95. The smallest absolute Gasteiger partial charge is 0.255 e. The van der Waals surface area contributed by atoms with Crippen molar-refractivity contribution >= 4 is 23.0 Å². The van der Waals surface area contributed by atoms with Gasteiger partial charge in [0.25, 0.3) is 5.91 Å². The first kappa shape index (κ1) is 11.5. The molecule has 94 valence electrons. The molecular formula is C12H13ClN4O. The number of carbonyl (C=O) groups excluding carboxylic acids is 1. The van der Waals surface area contributed by atoms with Gasteiger partial charge in [-0.3, -0.25) is 9.78 Å². The zero-order chi connectivity index (χ0) is 12.5. The van der Waals surface area contributed by atoms with Crippen molar-refractivity contribution in [3.63, 3.8) is 0 Å². The van der Waals surface area contributed by atoms with Crippen molar-refractivity contribution in [2.75, 3.05) is 6.54 Å². The summed E-state index contributed by atoms with van der Waals surface area (Å²) in [4.78, 5) is 16.0. The summed E-state index contributed by atoms with van der Waals surface area (Å²) in [6.45, 7) is 0.503. The van der Waals surface area contributed by atoms with Gasteiger partial charge >= 0.3 is 0 Å². The Bertz CT molecular complexity index is 578. The topological polar surface area (TPSA) is 59.3 Å². The maximum atomic E-state index is 12.0. The van der Waals surface area contributed by atoms with Gasteiger partial charge in [0.05, 0.1) is 28.9 Å². The average Bonchev–Trinajstić information content (AvgIpc) is 3.15. The molecule has 0 bridgehead atoms. The third kappa shape index (κ3) is 2.18. The average molecular weight is 265 g/mol. The van der Waals surface area contributed by atoms with E-state index in [0.29, 0.717) is 23.5 Å². The fourth-order valence-electron chi connectivity index (χ4n) is 1.92. The van der Waals surface area contributed by atoms with E-state index in [1.54, 1.807) is 29.3 Å². The van der Waals surface area contributed by atoms with Crippen LogP contribution in [0.4, 0.5) is 0 Å². The van der Waals surface area contributed by atoms with Gasteiger partial charge in [0.2, 0.25) is 0 Å². The Morgan fingerprint density at radius 2 is 2.39 bits per heavy atom. The summed E-state index contributed by atoms with van der Waals surface area (Å²) in [5.41, 5.74) is 1.23. The van der Waals surface area contributed by atoms with E-state index >= 15 is 0 Å². The maximum absolute atomic E-state index is 12.0. The number of fused-ring (bicyclic) bond motifs is 1. The summed E-state index contributed by atoms with van der Waals surface area (Å²) < 4.78 is 1.63. The molecule has 0 aromatic carbocycles. The molecule has 1 N–H and O–H groups in total. The van der Waals surface area contributed by atoms with E-state index in [-0.39, 0.29) is 11.3 Å². The van der Waals surface area contributed by atoms with Gasteiger partial charge in [-0.05, 0) is 18.8 Å². The second kappa shape index (κ2) is 4.57. The second-order valence-corrected chi connectivity index (χ2v) is 5.09. The zero-order valence-corrected chi connectivity index (χ0v) is 10.5. The molecule has 1 aliphatic carbocycles. The minimum absolute atomic E-state index is 0.0360. The molecule has 1 fully saturated rings. The zero-order valence-electron chi connectivity index (χ0n) is 9.71. The lowest BCUT2D eigenvalue weighted by molar-refractivity contribution is 0.0954. The normalized spacial score (nSPS) is 16.7. The molecule has 1 unspecified atom stereocenters. The van der Waals surface area contributed by atoms with Crippen molar-refractivity contribution < 1.29 is 4.79 Å². The summed E-state index contributed by atoms with van der Waals surface area (Å²) in [7, 11) is 0. The van der Waals surface area contributed by atoms with Crippen LogP contribution in [0.2, 0.25) is 0 Å². The molecule has 2 aromatic heterocycles. The van der Waals surface area contributed by atoms with E-state index in [9.17, 15) is 4.79 Å². The van der Waals surface area contributed by atoms with Crippen LogP contribution in [0, 0.1) is 5.92 Å². The largest absolute Gasteiger partial charge is 0.350 e. The standard InChI is InChI=1S/C12H13ClN4O/c13-10(8-1-2-8)6-15-12(18)9-5-16-17-4-3-14-7-11(9)17/h3-5,7-8,10H,1-2,6H2,(H,15,18). The monoisotopic (exact) mass is 264 g/mol. The van der Waals surface area contributed by atoms with Gasteiger partial charge < -0.3 is 5.32 Å². The Labute approximate surface area is 109 Å². The summed E-state index contributed by atoms with van der Waals surface area (Å²) in [5.74, 6) is 0.418. The molecule has 0 spiro atoms. The molecule has 1 amide bonds. The van der Waals surface area contributed by atoms with Gasteiger partial charge in [-0.2, -0.15) is 5.10 Å². The van der Waals surface area contributed by atoms with Crippen LogP contribution in [0.5, 0.6) is 0 Å². The van der Waals surface area contributed by atoms with Crippen LogP contribution in [0.3, 0.4) is 0 Å². The Kier molecular flexibility index (Phi) is 2.91. The number of amides is 1. The highest BCUT2D eigenvalue weighted by atomic mass is 35.5. The molecule has 2 heterocycles. The Balaban J connectivity index is 1.71. The van der Waals surface area contributed by atoms with E-state index in [2.05, 4.69) is 15.4 Å². The first-order valence-corrected chi connectivity index (χ1v) is 6.39. The Hall–Kier alpha value is -1.62. The lowest BCUT2D eigenvalue weighted by Gasteiger charge is -2.08. The minimum atomic E-state index is -0.149. The van der Waals surface area contributed by atoms with Crippen molar-refractivity contribution in [3.8, 4) is 0 Å². The number of alkyl halides is 1. The van der Waals surface area contributed by atoms with Crippen LogP contribution in [-0.4, -0.2) is 32.4 Å². The highest BCUT2D eigenvalue weighted by molar-refractivity contribution is 6.21.